The van der Waals surface area contributed by atoms with Gasteiger partial charge in [0, 0.05) is 33.4 Å². The van der Waals surface area contributed by atoms with Gasteiger partial charge in [-0.25, -0.2) is 24.9 Å². The second-order valence-corrected chi connectivity index (χ2v) is 14.4. The molecule has 5 nitrogen and oxygen atoms in total. The first-order chi connectivity index (χ1) is 28.8. The molecule has 0 amide bonds. The molecule has 0 radical (unpaired) electrons. The molecule has 0 atom stereocenters. The molecule has 11 aromatic rings. The van der Waals surface area contributed by atoms with Crippen molar-refractivity contribution in [3.05, 3.63) is 200 Å². The van der Waals surface area contributed by atoms with Crippen LogP contribution in [0.5, 0.6) is 0 Å². The summed E-state index contributed by atoms with van der Waals surface area (Å²) in [5, 5.41) is 8.64. The summed E-state index contributed by atoms with van der Waals surface area (Å²) in [4.78, 5) is 26.4. The molecule has 9 aromatic carbocycles. The highest BCUT2D eigenvalue weighted by atomic mass is 15.0. The SMILES string of the molecule is c1ccc(-c2nc(-c3ccccc3)nc(-c3c4ccccc4c(-c4nc(-c5cccc6ccccc56)cc(-c5cccc6ccccc56)n4)c4ccccc34)n2)cc1. The molecule has 2 heterocycles. The first kappa shape index (κ1) is 33.4. The summed E-state index contributed by atoms with van der Waals surface area (Å²) in [6.45, 7) is 0. The van der Waals surface area contributed by atoms with Crippen LogP contribution in [0.4, 0.5) is 0 Å². The number of nitrogens with zero attached hydrogens (tertiary/aromatic N) is 5. The first-order valence-electron chi connectivity index (χ1n) is 19.4. The zero-order valence-electron chi connectivity index (χ0n) is 31.3. The first-order valence-corrected chi connectivity index (χ1v) is 19.4. The number of rotatable bonds is 6. The van der Waals surface area contributed by atoms with Gasteiger partial charge in [-0.3, -0.25) is 0 Å². The van der Waals surface area contributed by atoms with Gasteiger partial charge in [0.2, 0.25) is 0 Å². The average Bonchev–Trinajstić information content (AvgIpc) is 3.30. The van der Waals surface area contributed by atoms with E-state index < -0.39 is 0 Å². The minimum atomic E-state index is 0.605. The fourth-order valence-corrected chi connectivity index (χ4v) is 8.26. The maximum Gasteiger partial charge on any atom is 0.165 e. The smallest absolute Gasteiger partial charge is 0.165 e. The predicted molar refractivity (Wildman–Crippen MR) is 238 cm³/mol. The zero-order chi connectivity index (χ0) is 38.4. The molecule has 58 heavy (non-hydrogen) atoms. The number of benzene rings is 9. The molecule has 0 aliphatic rings. The lowest BCUT2D eigenvalue weighted by atomic mass is 9.90. The molecule has 0 aliphatic heterocycles. The quantitative estimate of drug-likeness (QED) is 0.159. The molecule has 2 aromatic heterocycles. The fourth-order valence-electron chi connectivity index (χ4n) is 8.26. The van der Waals surface area contributed by atoms with Crippen molar-refractivity contribution in [1.29, 1.82) is 0 Å². The summed E-state index contributed by atoms with van der Waals surface area (Å²) >= 11 is 0. The molecular weight excluding hydrogens is 707 g/mol. The summed E-state index contributed by atoms with van der Waals surface area (Å²) in [5.74, 6) is 2.49. The molecular formula is C53H33N5. The zero-order valence-corrected chi connectivity index (χ0v) is 31.3. The third-order valence-corrected chi connectivity index (χ3v) is 10.9. The Bertz CT molecular complexity index is 3120. The van der Waals surface area contributed by atoms with E-state index in [9.17, 15) is 0 Å². The van der Waals surface area contributed by atoms with Crippen LogP contribution in [0.1, 0.15) is 0 Å². The third-order valence-electron chi connectivity index (χ3n) is 10.9. The van der Waals surface area contributed by atoms with Crippen LogP contribution in [0.15, 0.2) is 200 Å². The van der Waals surface area contributed by atoms with E-state index >= 15 is 0 Å². The van der Waals surface area contributed by atoms with Crippen LogP contribution < -0.4 is 0 Å². The van der Waals surface area contributed by atoms with Crippen molar-refractivity contribution in [3.8, 4) is 68.1 Å². The van der Waals surface area contributed by atoms with Gasteiger partial charge in [0.15, 0.2) is 23.3 Å². The highest BCUT2D eigenvalue weighted by Crippen LogP contribution is 2.44. The Labute approximate surface area is 335 Å². The molecule has 0 saturated carbocycles. The largest absolute Gasteiger partial charge is 0.228 e. The van der Waals surface area contributed by atoms with Crippen LogP contribution in [0.25, 0.3) is 111 Å². The van der Waals surface area contributed by atoms with E-state index in [1.807, 2.05) is 60.7 Å². The molecule has 0 spiro atoms. The third kappa shape index (κ3) is 5.76. The fraction of sp³-hybridized carbons (Fsp3) is 0. The van der Waals surface area contributed by atoms with Gasteiger partial charge in [-0.1, -0.05) is 194 Å². The van der Waals surface area contributed by atoms with Crippen molar-refractivity contribution >= 4 is 43.1 Å². The van der Waals surface area contributed by atoms with Crippen LogP contribution in [-0.2, 0) is 0 Å². The van der Waals surface area contributed by atoms with E-state index in [1.54, 1.807) is 0 Å². The molecule has 0 N–H and O–H groups in total. The van der Waals surface area contributed by atoms with Gasteiger partial charge >= 0.3 is 0 Å². The lowest BCUT2D eigenvalue weighted by molar-refractivity contribution is 1.08. The molecule has 0 fully saturated rings. The summed E-state index contributed by atoms with van der Waals surface area (Å²) < 4.78 is 0. The molecule has 0 aliphatic carbocycles. The second kappa shape index (κ2) is 14.0. The average molecular weight is 740 g/mol. The van der Waals surface area contributed by atoms with Crippen molar-refractivity contribution < 1.29 is 0 Å². The Morgan fingerprint density at radius 1 is 0.241 bits per heavy atom. The molecule has 270 valence electrons. The van der Waals surface area contributed by atoms with Crippen LogP contribution >= 0.6 is 0 Å². The lowest BCUT2D eigenvalue weighted by Crippen LogP contribution is -2.02. The monoisotopic (exact) mass is 739 g/mol. The van der Waals surface area contributed by atoms with E-state index in [0.29, 0.717) is 23.3 Å². The summed E-state index contributed by atoms with van der Waals surface area (Å²) in [7, 11) is 0. The minimum absolute atomic E-state index is 0.605. The highest BCUT2D eigenvalue weighted by Gasteiger charge is 2.23. The normalized spacial score (nSPS) is 11.4. The van der Waals surface area contributed by atoms with Crippen LogP contribution in [0.2, 0.25) is 0 Å². The van der Waals surface area contributed by atoms with E-state index in [2.05, 4.69) is 140 Å². The van der Waals surface area contributed by atoms with Gasteiger partial charge in [-0.2, -0.15) is 0 Å². The number of hydrogen-bond acceptors (Lipinski definition) is 5. The Morgan fingerprint density at radius 3 is 1.00 bits per heavy atom. The predicted octanol–water partition coefficient (Wildman–Crippen LogP) is 13.3. The van der Waals surface area contributed by atoms with Gasteiger partial charge in [-0.15, -0.1) is 0 Å². The minimum Gasteiger partial charge on any atom is -0.228 e. The second-order valence-electron chi connectivity index (χ2n) is 14.4. The van der Waals surface area contributed by atoms with Gasteiger partial charge in [-0.05, 0) is 49.2 Å². The van der Waals surface area contributed by atoms with Crippen molar-refractivity contribution in [3.63, 3.8) is 0 Å². The van der Waals surface area contributed by atoms with Crippen molar-refractivity contribution in [2.75, 3.05) is 0 Å². The van der Waals surface area contributed by atoms with Crippen molar-refractivity contribution in [2.24, 2.45) is 0 Å². The van der Waals surface area contributed by atoms with Crippen molar-refractivity contribution in [2.45, 2.75) is 0 Å². The summed E-state index contributed by atoms with van der Waals surface area (Å²) in [6, 6.07) is 69.2. The van der Waals surface area contributed by atoms with Gasteiger partial charge < -0.3 is 0 Å². The molecule has 0 saturated heterocycles. The number of aromatic nitrogens is 5. The van der Waals surface area contributed by atoms with E-state index in [0.717, 1.165) is 87.9 Å². The van der Waals surface area contributed by atoms with E-state index in [4.69, 9.17) is 24.9 Å². The van der Waals surface area contributed by atoms with E-state index in [1.165, 1.54) is 0 Å². The number of hydrogen-bond donors (Lipinski definition) is 0. The highest BCUT2D eigenvalue weighted by molar-refractivity contribution is 6.20. The van der Waals surface area contributed by atoms with Crippen LogP contribution in [-0.4, -0.2) is 24.9 Å². The lowest BCUT2D eigenvalue weighted by Gasteiger charge is -2.18. The maximum absolute atomic E-state index is 5.49. The standard InChI is InChI=1S/C53H33N5/c1-3-19-36(20-4-1)50-56-51(37-21-5-2-6-22-37)58-53(57-50)49-44-29-13-11-27-42(44)48(43-28-12-14-30-45(43)49)52-54-46(40-31-15-23-34-17-7-9-25-38(34)40)33-47(55-52)41-32-16-24-35-18-8-10-26-39(35)41/h1-33H. The van der Waals surface area contributed by atoms with E-state index in [-0.39, 0.29) is 0 Å². The van der Waals surface area contributed by atoms with Crippen LogP contribution in [0.3, 0.4) is 0 Å². The Balaban J connectivity index is 1.22. The Kier molecular flexibility index (Phi) is 8.07. The molecule has 0 bridgehead atoms. The summed E-state index contributed by atoms with van der Waals surface area (Å²) in [5.41, 5.74) is 7.58. The summed E-state index contributed by atoms with van der Waals surface area (Å²) in [6.07, 6.45) is 0. The topological polar surface area (TPSA) is 64.5 Å². The van der Waals surface area contributed by atoms with Gasteiger partial charge in [0.1, 0.15) is 0 Å². The molecule has 11 rings (SSSR count). The Morgan fingerprint density at radius 2 is 0.569 bits per heavy atom. The number of fused-ring (bicyclic) bond motifs is 4. The van der Waals surface area contributed by atoms with Gasteiger partial charge in [0.25, 0.3) is 0 Å². The van der Waals surface area contributed by atoms with Gasteiger partial charge in [0.05, 0.1) is 11.4 Å². The molecule has 0 unspecified atom stereocenters. The maximum atomic E-state index is 5.49. The van der Waals surface area contributed by atoms with Crippen LogP contribution in [0, 0.1) is 0 Å². The van der Waals surface area contributed by atoms with Crippen molar-refractivity contribution in [1.82, 2.24) is 24.9 Å². The Hall–Kier alpha value is -7.89. The molecule has 5 heteroatoms.